The second-order valence-electron chi connectivity index (χ2n) is 3.68. The van der Waals surface area contributed by atoms with Crippen LogP contribution in [0.4, 0.5) is 0 Å². The van der Waals surface area contributed by atoms with Gasteiger partial charge in [-0.25, -0.2) is 4.79 Å². The molecular formula is C10H20N2O3. The fraction of sp³-hybridized carbons (Fsp3) is 0.800. The predicted octanol–water partition coefficient (Wildman–Crippen LogP) is 0.0375. The normalized spacial score (nSPS) is 16.3. The van der Waals surface area contributed by atoms with E-state index >= 15 is 0 Å². The number of carbonyl (C=O) groups excluding carboxylic acids is 2. The van der Waals surface area contributed by atoms with Crippen LogP contribution < -0.4 is 11.1 Å². The Morgan fingerprint density at radius 2 is 1.93 bits per heavy atom. The minimum atomic E-state index is -0.624. The highest BCUT2D eigenvalue weighted by Gasteiger charge is 2.27. The quantitative estimate of drug-likeness (QED) is 0.636. The van der Waals surface area contributed by atoms with Crippen LogP contribution in [0.3, 0.4) is 0 Å². The molecule has 0 heterocycles. The molecule has 88 valence electrons. The molecule has 0 bridgehead atoms. The van der Waals surface area contributed by atoms with Gasteiger partial charge in [-0.2, -0.15) is 0 Å². The van der Waals surface area contributed by atoms with Gasteiger partial charge < -0.3 is 15.8 Å². The molecule has 0 saturated heterocycles. The summed E-state index contributed by atoms with van der Waals surface area (Å²) in [6, 6.07) is -1.24. The molecule has 0 spiro atoms. The first-order valence-corrected chi connectivity index (χ1v) is 5.07. The van der Waals surface area contributed by atoms with E-state index in [0.29, 0.717) is 0 Å². The Labute approximate surface area is 90.4 Å². The number of hydrogen-bond donors (Lipinski definition) is 2. The number of esters is 1. The average Bonchev–Trinajstić information content (AvgIpc) is 2.23. The van der Waals surface area contributed by atoms with E-state index in [0.717, 1.165) is 6.42 Å². The van der Waals surface area contributed by atoms with Crippen LogP contribution >= 0.6 is 0 Å². The molecule has 0 aliphatic carbocycles. The molecular weight excluding hydrogens is 196 g/mol. The average molecular weight is 216 g/mol. The smallest absolute Gasteiger partial charge is 0.328 e. The molecule has 0 aromatic heterocycles. The van der Waals surface area contributed by atoms with Crippen LogP contribution in [-0.2, 0) is 14.3 Å². The van der Waals surface area contributed by atoms with Crippen molar-refractivity contribution in [3.63, 3.8) is 0 Å². The molecule has 0 aromatic rings. The zero-order valence-corrected chi connectivity index (χ0v) is 9.74. The highest BCUT2D eigenvalue weighted by atomic mass is 16.5. The molecule has 15 heavy (non-hydrogen) atoms. The number of nitrogens with two attached hydrogens (primary N) is 1. The van der Waals surface area contributed by atoms with Gasteiger partial charge in [0.1, 0.15) is 6.04 Å². The summed E-state index contributed by atoms with van der Waals surface area (Å²) in [4.78, 5) is 22.7. The monoisotopic (exact) mass is 216 g/mol. The molecule has 0 unspecified atom stereocenters. The maximum absolute atomic E-state index is 11.4. The minimum absolute atomic E-state index is 0.0279. The Kier molecular flexibility index (Phi) is 5.93. The second kappa shape index (κ2) is 6.40. The van der Waals surface area contributed by atoms with Gasteiger partial charge in [0.25, 0.3) is 0 Å². The third-order valence-corrected chi connectivity index (χ3v) is 2.38. The molecule has 3 N–H and O–H groups in total. The van der Waals surface area contributed by atoms with E-state index in [1.165, 1.54) is 7.11 Å². The third-order valence-electron chi connectivity index (χ3n) is 2.38. The lowest BCUT2D eigenvalue weighted by Crippen LogP contribution is -2.50. The summed E-state index contributed by atoms with van der Waals surface area (Å²) in [7, 11) is 1.30. The van der Waals surface area contributed by atoms with Gasteiger partial charge >= 0.3 is 5.97 Å². The first kappa shape index (κ1) is 13.9. The molecule has 5 heteroatoms. The lowest BCUT2D eigenvalue weighted by atomic mass is 9.99. The van der Waals surface area contributed by atoms with Crippen molar-refractivity contribution in [2.45, 2.75) is 39.3 Å². The van der Waals surface area contributed by atoms with Gasteiger partial charge in [0, 0.05) is 0 Å². The summed E-state index contributed by atoms with van der Waals surface area (Å²) in [5.74, 6) is -0.746. The van der Waals surface area contributed by atoms with E-state index < -0.39 is 18.1 Å². The number of ether oxygens (including phenoxy) is 1. The van der Waals surface area contributed by atoms with Crippen molar-refractivity contribution in [2.75, 3.05) is 7.11 Å². The molecule has 1 amide bonds. The first-order chi connectivity index (χ1) is 6.93. The Morgan fingerprint density at radius 3 is 2.27 bits per heavy atom. The highest BCUT2D eigenvalue weighted by molar-refractivity contribution is 5.87. The zero-order valence-electron chi connectivity index (χ0n) is 9.74. The fourth-order valence-corrected chi connectivity index (χ4v) is 1.08. The summed E-state index contributed by atoms with van der Waals surface area (Å²) in [6.07, 6.45) is 0.777. The van der Waals surface area contributed by atoms with Crippen molar-refractivity contribution >= 4 is 11.9 Å². The minimum Gasteiger partial charge on any atom is -0.467 e. The van der Waals surface area contributed by atoms with Crippen LogP contribution in [0.25, 0.3) is 0 Å². The maximum Gasteiger partial charge on any atom is 0.328 e. The topological polar surface area (TPSA) is 81.4 Å². The van der Waals surface area contributed by atoms with E-state index in [4.69, 9.17) is 5.73 Å². The lowest BCUT2D eigenvalue weighted by Gasteiger charge is -2.22. The molecule has 0 aromatic carbocycles. The van der Waals surface area contributed by atoms with Crippen molar-refractivity contribution in [3.8, 4) is 0 Å². The molecule has 5 nitrogen and oxygen atoms in total. The Hall–Kier alpha value is -1.10. The van der Waals surface area contributed by atoms with Gasteiger partial charge in [0.2, 0.25) is 5.91 Å². The molecule has 0 radical (unpaired) electrons. The number of nitrogens with one attached hydrogen (secondary N) is 1. The predicted molar refractivity (Wildman–Crippen MR) is 57.1 cm³/mol. The summed E-state index contributed by atoms with van der Waals surface area (Å²) in [6.45, 7) is 5.39. The Morgan fingerprint density at radius 1 is 1.40 bits per heavy atom. The summed E-state index contributed by atoms with van der Waals surface area (Å²) in [5.41, 5.74) is 5.40. The molecule has 0 rings (SSSR count). The van der Waals surface area contributed by atoms with E-state index in [1.54, 1.807) is 6.92 Å². The number of methoxy groups -OCH3 is 1. The van der Waals surface area contributed by atoms with Crippen molar-refractivity contribution in [1.82, 2.24) is 5.32 Å². The van der Waals surface area contributed by atoms with Crippen molar-refractivity contribution in [2.24, 2.45) is 11.7 Å². The van der Waals surface area contributed by atoms with E-state index in [9.17, 15) is 9.59 Å². The van der Waals surface area contributed by atoms with Crippen LogP contribution in [-0.4, -0.2) is 31.1 Å². The highest BCUT2D eigenvalue weighted by Crippen LogP contribution is 2.09. The van der Waals surface area contributed by atoms with Gasteiger partial charge in [-0.1, -0.05) is 20.3 Å². The lowest BCUT2D eigenvalue weighted by molar-refractivity contribution is -0.146. The van der Waals surface area contributed by atoms with E-state index in [-0.39, 0.29) is 11.8 Å². The molecule has 0 aliphatic heterocycles. The van der Waals surface area contributed by atoms with Gasteiger partial charge in [0.15, 0.2) is 0 Å². The van der Waals surface area contributed by atoms with Crippen LogP contribution in [0.2, 0.25) is 0 Å². The fourth-order valence-electron chi connectivity index (χ4n) is 1.08. The third kappa shape index (κ3) is 4.29. The van der Waals surface area contributed by atoms with Crippen LogP contribution in [0, 0.1) is 5.92 Å². The van der Waals surface area contributed by atoms with Gasteiger partial charge in [0.05, 0.1) is 13.2 Å². The van der Waals surface area contributed by atoms with Crippen molar-refractivity contribution in [3.05, 3.63) is 0 Å². The zero-order chi connectivity index (χ0) is 12.0. The standard InChI is InChI=1S/C10H20N2O3/c1-5-6(2)8(10(14)15-4)12-9(13)7(3)11/h6-8H,5,11H2,1-4H3,(H,12,13)/t6-,7-,8-/m0/s1. The van der Waals surface area contributed by atoms with E-state index in [1.807, 2.05) is 13.8 Å². The van der Waals surface area contributed by atoms with Crippen LogP contribution in [0.1, 0.15) is 27.2 Å². The van der Waals surface area contributed by atoms with Crippen molar-refractivity contribution < 1.29 is 14.3 Å². The number of amides is 1. The van der Waals surface area contributed by atoms with Crippen LogP contribution in [0.5, 0.6) is 0 Å². The largest absolute Gasteiger partial charge is 0.467 e. The SMILES string of the molecule is CC[C@H](C)[C@H](NC(=O)[C@H](C)N)C(=O)OC. The Balaban J connectivity index is 4.51. The van der Waals surface area contributed by atoms with E-state index in [2.05, 4.69) is 10.1 Å². The molecule has 0 saturated carbocycles. The Bertz CT molecular complexity index is 229. The number of hydrogen-bond acceptors (Lipinski definition) is 4. The second-order valence-corrected chi connectivity index (χ2v) is 3.68. The molecule has 0 fully saturated rings. The number of rotatable bonds is 5. The first-order valence-electron chi connectivity index (χ1n) is 5.07. The van der Waals surface area contributed by atoms with Crippen LogP contribution in [0.15, 0.2) is 0 Å². The van der Waals surface area contributed by atoms with Gasteiger partial charge in [-0.3, -0.25) is 4.79 Å². The van der Waals surface area contributed by atoms with Gasteiger partial charge in [-0.15, -0.1) is 0 Å². The summed E-state index contributed by atoms with van der Waals surface area (Å²) >= 11 is 0. The molecule has 0 aliphatic rings. The molecule has 3 atom stereocenters. The summed E-state index contributed by atoms with van der Waals surface area (Å²) < 4.78 is 4.62. The van der Waals surface area contributed by atoms with Crippen molar-refractivity contribution in [1.29, 1.82) is 0 Å². The van der Waals surface area contributed by atoms with Gasteiger partial charge in [-0.05, 0) is 12.8 Å². The number of carbonyl (C=O) groups is 2. The maximum atomic E-state index is 11.4. The summed E-state index contributed by atoms with van der Waals surface area (Å²) in [5, 5.41) is 2.58.